The first kappa shape index (κ1) is 18.4. The highest BCUT2D eigenvalue weighted by Gasteiger charge is 2.46. The second-order valence-corrected chi connectivity index (χ2v) is 7.84. The van der Waals surface area contributed by atoms with Gasteiger partial charge in [-0.25, -0.2) is 13.4 Å². The van der Waals surface area contributed by atoms with E-state index in [4.69, 9.17) is 11.6 Å². The number of hydrogen-bond acceptors (Lipinski definition) is 6. The summed E-state index contributed by atoms with van der Waals surface area (Å²) in [5.41, 5.74) is -0.00261. The lowest BCUT2D eigenvalue weighted by Crippen LogP contribution is -2.55. The van der Waals surface area contributed by atoms with Crippen molar-refractivity contribution in [3.8, 4) is 0 Å². The van der Waals surface area contributed by atoms with Gasteiger partial charge in [0.1, 0.15) is 5.15 Å². The number of rotatable bonds is 4. The molecule has 26 heavy (non-hydrogen) atoms. The van der Waals surface area contributed by atoms with Crippen LogP contribution in [-0.2, 0) is 14.8 Å². The predicted octanol–water partition coefficient (Wildman–Crippen LogP) is 1.73. The molecule has 2 aromatic rings. The Morgan fingerprint density at radius 2 is 2.04 bits per heavy atom. The first-order valence-electron chi connectivity index (χ1n) is 7.79. The van der Waals surface area contributed by atoms with Crippen molar-refractivity contribution in [2.75, 3.05) is 11.9 Å². The average Bonchev–Trinajstić information content (AvgIpc) is 2.60. The molecule has 0 bridgehead atoms. The summed E-state index contributed by atoms with van der Waals surface area (Å²) < 4.78 is 26.7. The first-order valence-corrected chi connectivity index (χ1v) is 9.61. The lowest BCUT2D eigenvalue weighted by Gasteiger charge is -2.33. The molecule has 0 saturated heterocycles. The van der Waals surface area contributed by atoms with E-state index >= 15 is 0 Å². The number of ketones is 1. The van der Waals surface area contributed by atoms with Gasteiger partial charge in [0.2, 0.25) is 10.0 Å². The van der Waals surface area contributed by atoms with Crippen LogP contribution < -0.4 is 5.32 Å². The fraction of sp³-hybridized carbons (Fsp3) is 0.250. The molecule has 1 aromatic carbocycles. The van der Waals surface area contributed by atoms with Crippen molar-refractivity contribution in [2.45, 2.75) is 24.3 Å². The fourth-order valence-electron chi connectivity index (χ4n) is 2.75. The van der Waals surface area contributed by atoms with Crippen molar-refractivity contribution < 1.29 is 18.0 Å². The Bertz CT molecular complexity index is 980. The molecule has 0 radical (unpaired) electrons. The van der Waals surface area contributed by atoms with E-state index in [0.717, 1.165) is 4.31 Å². The number of carbonyl (C=O) groups is 2. The number of halogens is 1. The Balaban J connectivity index is 2.04. The summed E-state index contributed by atoms with van der Waals surface area (Å²) in [5, 5.41) is 2.47. The molecule has 1 atom stereocenters. The van der Waals surface area contributed by atoms with Crippen molar-refractivity contribution in [3.63, 3.8) is 0 Å². The van der Waals surface area contributed by atoms with Gasteiger partial charge in [-0.2, -0.15) is 4.31 Å². The third kappa shape index (κ3) is 3.20. The Kier molecular flexibility index (Phi) is 5.03. The second-order valence-electron chi connectivity index (χ2n) is 5.59. The van der Waals surface area contributed by atoms with Crippen molar-refractivity contribution in [3.05, 3.63) is 47.4 Å². The van der Waals surface area contributed by atoms with Crippen LogP contribution in [0.1, 0.15) is 23.7 Å². The Morgan fingerprint density at radius 1 is 1.31 bits per heavy atom. The number of nitrogens with one attached hydrogen (secondary N) is 1. The zero-order valence-electron chi connectivity index (χ0n) is 13.7. The molecule has 0 saturated carbocycles. The van der Waals surface area contributed by atoms with Gasteiger partial charge in [0.05, 0.1) is 17.3 Å². The van der Waals surface area contributed by atoms with Crippen LogP contribution in [0.5, 0.6) is 0 Å². The van der Waals surface area contributed by atoms with Crippen molar-refractivity contribution in [1.82, 2.24) is 14.3 Å². The third-order valence-corrected chi connectivity index (χ3v) is 5.93. The maximum Gasteiger partial charge on any atom is 0.252 e. The van der Waals surface area contributed by atoms with Crippen LogP contribution in [0.3, 0.4) is 0 Å². The van der Waals surface area contributed by atoms with E-state index in [-0.39, 0.29) is 28.0 Å². The van der Waals surface area contributed by atoms with E-state index < -0.39 is 27.8 Å². The smallest absolute Gasteiger partial charge is 0.252 e. The van der Waals surface area contributed by atoms with E-state index in [9.17, 15) is 18.0 Å². The van der Waals surface area contributed by atoms with Crippen LogP contribution in [0.4, 0.5) is 5.82 Å². The fourth-order valence-corrected chi connectivity index (χ4v) is 4.74. The standard InChI is InChI=1S/C16H15ClN4O4S/c1-2-7-21-14(16(23)20-13-9-18-8-12(17)19-13)15(22)10-5-3-4-6-11(10)26(21,24)25/h3-6,8-9,14H,2,7H2,1H3,(H,19,20,23). The summed E-state index contributed by atoms with van der Waals surface area (Å²) in [6.07, 6.45) is 2.98. The molecule has 1 N–H and O–H groups in total. The minimum atomic E-state index is -3.98. The maximum atomic E-state index is 12.9. The molecule has 10 heteroatoms. The quantitative estimate of drug-likeness (QED) is 0.791. The van der Waals surface area contributed by atoms with E-state index in [2.05, 4.69) is 15.3 Å². The van der Waals surface area contributed by atoms with Gasteiger partial charge in [0, 0.05) is 12.1 Å². The summed E-state index contributed by atoms with van der Waals surface area (Å²) in [4.78, 5) is 33.2. The SMILES string of the molecule is CCCN1C(C(=O)Nc2cncc(Cl)n2)C(=O)c2ccccc2S1(=O)=O. The molecule has 2 heterocycles. The van der Waals surface area contributed by atoms with Crippen LogP contribution in [0, 0.1) is 0 Å². The molecule has 1 aliphatic heterocycles. The Labute approximate surface area is 155 Å². The molecule has 1 amide bonds. The van der Waals surface area contributed by atoms with E-state index in [1.54, 1.807) is 13.0 Å². The van der Waals surface area contributed by atoms with Crippen molar-refractivity contribution >= 4 is 39.1 Å². The molecule has 0 aliphatic carbocycles. The van der Waals surface area contributed by atoms with Gasteiger partial charge in [-0.15, -0.1) is 0 Å². The third-order valence-electron chi connectivity index (χ3n) is 3.82. The molecule has 1 aliphatic rings. The van der Waals surface area contributed by atoms with E-state index in [0.29, 0.717) is 6.42 Å². The van der Waals surface area contributed by atoms with Crippen LogP contribution in [0.2, 0.25) is 5.15 Å². The number of nitrogens with zero attached hydrogens (tertiary/aromatic N) is 3. The highest BCUT2D eigenvalue weighted by molar-refractivity contribution is 7.89. The lowest BCUT2D eigenvalue weighted by atomic mass is 10.0. The van der Waals surface area contributed by atoms with Crippen LogP contribution >= 0.6 is 11.6 Å². The summed E-state index contributed by atoms with van der Waals surface area (Å²) in [6.45, 7) is 1.79. The van der Waals surface area contributed by atoms with Gasteiger partial charge in [-0.1, -0.05) is 30.7 Å². The molecule has 1 unspecified atom stereocenters. The first-order chi connectivity index (χ1) is 12.4. The topological polar surface area (TPSA) is 109 Å². The van der Waals surface area contributed by atoms with Gasteiger partial charge in [-0.05, 0) is 18.6 Å². The molecular weight excluding hydrogens is 380 g/mol. The normalized spacial score (nSPS) is 19.0. The number of benzene rings is 1. The van der Waals surface area contributed by atoms with E-state index in [1.165, 1.54) is 30.6 Å². The number of sulfonamides is 1. The summed E-state index contributed by atoms with van der Waals surface area (Å²) in [7, 11) is -3.98. The highest BCUT2D eigenvalue weighted by Crippen LogP contribution is 2.30. The van der Waals surface area contributed by atoms with E-state index in [1.807, 2.05) is 0 Å². The van der Waals surface area contributed by atoms with Crippen molar-refractivity contribution in [1.29, 1.82) is 0 Å². The molecule has 1 aromatic heterocycles. The summed E-state index contributed by atoms with van der Waals surface area (Å²) in [6, 6.07) is 4.34. The zero-order chi connectivity index (χ0) is 18.9. The number of amides is 1. The van der Waals surface area contributed by atoms with Gasteiger partial charge in [-0.3, -0.25) is 14.6 Å². The number of anilines is 1. The lowest BCUT2D eigenvalue weighted by molar-refractivity contribution is -0.118. The average molecular weight is 395 g/mol. The largest absolute Gasteiger partial charge is 0.308 e. The second kappa shape index (κ2) is 7.10. The molecule has 0 fully saturated rings. The van der Waals surface area contributed by atoms with Crippen molar-refractivity contribution in [2.24, 2.45) is 0 Å². The maximum absolute atomic E-state index is 12.9. The van der Waals surface area contributed by atoms with Gasteiger partial charge < -0.3 is 5.32 Å². The molecule has 3 rings (SSSR count). The molecule has 0 spiro atoms. The zero-order valence-corrected chi connectivity index (χ0v) is 15.3. The Hall–Kier alpha value is -2.36. The van der Waals surface area contributed by atoms with Crippen LogP contribution in [0.25, 0.3) is 0 Å². The predicted molar refractivity (Wildman–Crippen MR) is 94.4 cm³/mol. The minimum Gasteiger partial charge on any atom is -0.308 e. The van der Waals surface area contributed by atoms with Crippen LogP contribution in [0.15, 0.2) is 41.6 Å². The molecular formula is C16H15ClN4O4S. The molecule has 8 nitrogen and oxygen atoms in total. The Morgan fingerprint density at radius 3 is 2.73 bits per heavy atom. The monoisotopic (exact) mass is 394 g/mol. The number of Topliss-reactive ketones (excluding diaryl/α,β-unsaturated/α-hetero) is 1. The summed E-state index contributed by atoms with van der Waals surface area (Å²) >= 11 is 5.74. The van der Waals surface area contributed by atoms with Gasteiger partial charge >= 0.3 is 0 Å². The number of carbonyl (C=O) groups excluding carboxylic acids is 2. The number of aromatic nitrogens is 2. The minimum absolute atomic E-state index is 0.00261. The highest BCUT2D eigenvalue weighted by atomic mass is 35.5. The number of fused-ring (bicyclic) bond motifs is 1. The molecule has 136 valence electrons. The number of hydrogen-bond donors (Lipinski definition) is 1. The van der Waals surface area contributed by atoms with Gasteiger partial charge in [0.15, 0.2) is 17.6 Å². The van der Waals surface area contributed by atoms with Gasteiger partial charge in [0.25, 0.3) is 5.91 Å². The van der Waals surface area contributed by atoms with Crippen LogP contribution in [-0.4, -0.2) is 47.0 Å². The summed E-state index contributed by atoms with van der Waals surface area (Å²) in [5.74, 6) is -1.36.